The fraction of sp³-hybridized carbons (Fsp3) is 0.526. The molecule has 2 aliphatic rings. The smallest absolute Gasteiger partial charge is 0.218 e. The maximum atomic E-state index is 10.1. The lowest BCUT2D eigenvalue weighted by Crippen LogP contribution is -2.45. The zero-order valence-electron chi connectivity index (χ0n) is 14.0. The summed E-state index contributed by atoms with van der Waals surface area (Å²) < 4.78 is 0. The van der Waals surface area contributed by atoms with Gasteiger partial charge >= 0.3 is 0 Å². The van der Waals surface area contributed by atoms with Crippen molar-refractivity contribution >= 4 is 16.5 Å². The quantitative estimate of drug-likeness (QED) is 0.803. The van der Waals surface area contributed by atoms with E-state index in [1.165, 1.54) is 42.3 Å². The zero-order chi connectivity index (χ0) is 16.5. The lowest BCUT2D eigenvalue weighted by Gasteiger charge is -2.41. The van der Waals surface area contributed by atoms with Crippen LogP contribution in [0.1, 0.15) is 31.2 Å². The topological polar surface area (TPSA) is 74.4 Å². The van der Waals surface area contributed by atoms with E-state index in [1.54, 1.807) is 0 Å². The number of anilines is 1. The minimum absolute atomic E-state index is 0.146. The van der Waals surface area contributed by atoms with E-state index >= 15 is 0 Å². The van der Waals surface area contributed by atoms with Crippen molar-refractivity contribution in [1.29, 1.82) is 0 Å². The molecule has 0 radical (unpaired) electrons. The van der Waals surface area contributed by atoms with Crippen LogP contribution in [0, 0.1) is 0 Å². The van der Waals surface area contributed by atoms with Crippen molar-refractivity contribution in [2.24, 2.45) is 5.73 Å². The summed E-state index contributed by atoms with van der Waals surface area (Å²) in [7, 11) is 0. The Morgan fingerprint density at radius 3 is 2.88 bits per heavy atom. The summed E-state index contributed by atoms with van der Waals surface area (Å²) in [5.41, 5.74) is 8.12. The Balaban J connectivity index is 1.58. The molecule has 0 amide bonds. The van der Waals surface area contributed by atoms with Crippen molar-refractivity contribution in [3.63, 3.8) is 0 Å². The third-order valence-electron chi connectivity index (χ3n) is 5.59. The second-order valence-corrected chi connectivity index (χ2v) is 7.00. The fourth-order valence-electron chi connectivity index (χ4n) is 4.39. The van der Waals surface area contributed by atoms with Crippen molar-refractivity contribution in [3.05, 3.63) is 30.0 Å². The van der Waals surface area contributed by atoms with Gasteiger partial charge in [-0.25, -0.2) is 4.98 Å². The van der Waals surface area contributed by atoms with E-state index in [9.17, 15) is 5.11 Å². The van der Waals surface area contributed by atoms with Crippen LogP contribution in [0.4, 0.5) is 5.69 Å². The molecule has 1 aliphatic heterocycles. The van der Waals surface area contributed by atoms with Crippen LogP contribution in [0.2, 0.25) is 0 Å². The monoisotopic (exact) mass is 326 g/mol. The van der Waals surface area contributed by atoms with Gasteiger partial charge in [0.15, 0.2) is 0 Å². The van der Waals surface area contributed by atoms with Crippen molar-refractivity contribution in [2.75, 3.05) is 24.5 Å². The Morgan fingerprint density at radius 2 is 2.08 bits per heavy atom. The van der Waals surface area contributed by atoms with E-state index in [0.717, 1.165) is 24.9 Å². The highest BCUT2D eigenvalue weighted by atomic mass is 16.3. The van der Waals surface area contributed by atoms with Gasteiger partial charge in [0.05, 0.1) is 0 Å². The minimum Gasteiger partial charge on any atom is -0.493 e. The molecule has 128 valence electrons. The third kappa shape index (κ3) is 2.72. The van der Waals surface area contributed by atoms with E-state index < -0.39 is 0 Å². The predicted octanol–water partition coefficient (Wildman–Crippen LogP) is 2.16. The molecule has 0 bridgehead atoms. The van der Waals surface area contributed by atoms with Crippen LogP contribution in [0.5, 0.6) is 5.88 Å². The van der Waals surface area contributed by atoms with Gasteiger partial charge in [-0.3, -0.25) is 0 Å². The normalized spacial score (nSPS) is 23.6. The predicted molar refractivity (Wildman–Crippen MR) is 97.6 cm³/mol. The number of aromatic nitrogens is 1. The Morgan fingerprint density at radius 1 is 1.25 bits per heavy atom. The van der Waals surface area contributed by atoms with Crippen LogP contribution in [0.3, 0.4) is 0 Å². The number of hydrogen-bond donors (Lipinski definition) is 3. The van der Waals surface area contributed by atoms with E-state index in [1.807, 2.05) is 18.3 Å². The van der Waals surface area contributed by atoms with Crippen LogP contribution < -0.4 is 16.0 Å². The van der Waals surface area contributed by atoms with Crippen molar-refractivity contribution < 1.29 is 5.11 Å². The highest BCUT2D eigenvalue weighted by molar-refractivity contribution is 6.00. The lowest BCUT2D eigenvalue weighted by atomic mass is 9.88. The first-order valence-electron chi connectivity index (χ1n) is 9.07. The number of nitrogens with zero attached hydrogens (tertiary/aromatic N) is 2. The van der Waals surface area contributed by atoms with Crippen LogP contribution in [-0.2, 0) is 6.42 Å². The fourth-order valence-corrected chi connectivity index (χ4v) is 4.39. The number of benzene rings is 1. The maximum absolute atomic E-state index is 10.1. The number of rotatable bonds is 4. The third-order valence-corrected chi connectivity index (χ3v) is 5.59. The second kappa shape index (κ2) is 6.57. The molecule has 0 atom stereocenters. The van der Waals surface area contributed by atoms with Gasteiger partial charge in [-0.2, -0.15) is 0 Å². The van der Waals surface area contributed by atoms with Gasteiger partial charge in [-0.15, -0.1) is 0 Å². The first-order chi connectivity index (χ1) is 11.8. The molecule has 1 aromatic heterocycles. The molecule has 4 N–H and O–H groups in total. The van der Waals surface area contributed by atoms with Crippen LogP contribution in [0.15, 0.2) is 24.4 Å². The molecule has 1 fully saturated rings. The van der Waals surface area contributed by atoms with Crippen molar-refractivity contribution in [1.82, 2.24) is 10.3 Å². The summed E-state index contributed by atoms with van der Waals surface area (Å²) >= 11 is 0. The SMILES string of the molecule is NCCNC1CCC(N2CCc3cnc(O)c4cccc2c34)CC1. The molecule has 1 aliphatic carbocycles. The summed E-state index contributed by atoms with van der Waals surface area (Å²) in [4.78, 5) is 6.71. The van der Waals surface area contributed by atoms with Crippen LogP contribution in [-0.4, -0.2) is 41.8 Å². The molecule has 2 heterocycles. The Kier molecular flexibility index (Phi) is 4.29. The van der Waals surface area contributed by atoms with E-state index in [-0.39, 0.29) is 5.88 Å². The molecule has 0 spiro atoms. The highest BCUT2D eigenvalue weighted by Crippen LogP contribution is 2.39. The minimum atomic E-state index is 0.146. The number of nitrogens with one attached hydrogen (secondary N) is 1. The van der Waals surface area contributed by atoms with Crippen molar-refractivity contribution in [2.45, 2.75) is 44.2 Å². The van der Waals surface area contributed by atoms with Gasteiger partial charge < -0.3 is 21.1 Å². The summed E-state index contributed by atoms with van der Waals surface area (Å²) in [6, 6.07) is 7.42. The van der Waals surface area contributed by atoms with Gasteiger partial charge in [0, 0.05) is 54.4 Å². The molecular weight excluding hydrogens is 300 g/mol. The van der Waals surface area contributed by atoms with Gasteiger partial charge in [-0.05, 0) is 49.8 Å². The van der Waals surface area contributed by atoms with E-state index in [2.05, 4.69) is 21.3 Å². The number of aromatic hydroxyl groups is 1. The largest absolute Gasteiger partial charge is 0.493 e. The lowest BCUT2D eigenvalue weighted by molar-refractivity contribution is 0.333. The standard InChI is InChI=1S/C19H26N4O/c20-9-10-21-14-4-6-15(7-5-14)23-11-8-13-12-22-19(24)16-2-1-3-17(23)18(13)16/h1-3,12,14-15,21H,4-11,20H2,(H,22,24). The summed E-state index contributed by atoms with van der Waals surface area (Å²) in [6.07, 6.45) is 7.70. The van der Waals surface area contributed by atoms with Crippen LogP contribution in [0.25, 0.3) is 10.8 Å². The molecule has 0 saturated heterocycles. The van der Waals surface area contributed by atoms with Crippen LogP contribution >= 0.6 is 0 Å². The summed E-state index contributed by atoms with van der Waals surface area (Å²) in [5.74, 6) is 0.146. The van der Waals surface area contributed by atoms with E-state index in [4.69, 9.17) is 5.73 Å². The Labute approximate surface area is 142 Å². The number of nitrogens with two attached hydrogens (primary N) is 1. The molecule has 4 rings (SSSR count). The van der Waals surface area contributed by atoms with Gasteiger partial charge in [0.1, 0.15) is 0 Å². The summed E-state index contributed by atoms with van der Waals surface area (Å²) in [5, 5.41) is 15.7. The number of hydrogen-bond acceptors (Lipinski definition) is 5. The number of pyridine rings is 1. The molecule has 0 unspecified atom stereocenters. The molecule has 5 nitrogen and oxygen atoms in total. The van der Waals surface area contributed by atoms with E-state index in [0.29, 0.717) is 18.6 Å². The average molecular weight is 326 g/mol. The van der Waals surface area contributed by atoms with Gasteiger partial charge in [0.2, 0.25) is 5.88 Å². The second-order valence-electron chi connectivity index (χ2n) is 7.00. The molecule has 24 heavy (non-hydrogen) atoms. The van der Waals surface area contributed by atoms with Gasteiger partial charge in [0.25, 0.3) is 0 Å². The maximum Gasteiger partial charge on any atom is 0.218 e. The first-order valence-corrected chi connectivity index (χ1v) is 9.07. The first kappa shape index (κ1) is 15.7. The zero-order valence-corrected chi connectivity index (χ0v) is 14.0. The highest BCUT2D eigenvalue weighted by Gasteiger charge is 2.29. The molecule has 1 saturated carbocycles. The molecule has 2 aromatic rings. The molecule has 5 heteroatoms. The molecular formula is C19H26N4O. The Bertz CT molecular complexity index is 725. The van der Waals surface area contributed by atoms with Crippen molar-refractivity contribution in [3.8, 4) is 5.88 Å². The van der Waals surface area contributed by atoms with Gasteiger partial charge in [-0.1, -0.05) is 6.07 Å². The average Bonchev–Trinajstić information content (AvgIpc) is 2.63. The molecule has 1 aromatic carbocycles. The summed E-state index contributed by atoms with van der Waals surface area (Å²) in [6.45, 7) is 2.67. The Hall–Kier alpha value is -1.85.